The van der Waals surface area contributed by atoms with Crippen LogP contribution < -0.4 is 10.3 Å². The number of fused-ring (bicyclic) bond motifs is 1. The fourth-order valence-electron chi connectivity index (χ4n) is 3.40. The van der Waals surface area contributed by atoms with Gasteiger partial charge in [0.15, 0.2) is 0 Å². The third-order valence-corrected chi connectivity index (χ3v) is 4.38. The molecule has 0 radical (unpaired) electrons. The molecular weight excluding hydrogens is 348 g/mol. The smallest absolute Gasteiger partial charge is 0.259 e. The van der Waals surface area contributed by atoms with Gasteiger partial charge >= 0.3 is 0 Å². The summed E-state index contributed by atoms with van der Waals surface area (Å²) in [6, 6.07) is 17.6. The lowest BCUT2D eigenvalue weighted by Gasteiger charge is -2.22. The van der Waals surface area contributed by atoms with Crippen LogP contribution in [0.15, 0.2) is 53.3 Å². The molecular formula is C24H26N2O2. The third kappa shape index (κ3) is 3.94. The number of benzene rings is 2. The van der Waals surface area contributed by atoms with E-state index >= 15 is 0 Å². The molecule has 4 heteroatoms. The van der Waals surface area contributed by atoms with Crippen LogP contribution >= 0.6 is 0 Å². The zero-order valence-corrected chi connectivity index (χ0v) is 17.1. The van der Waals surface area contributed by atoms with Crippen LogP contribution in [-0.2, 0) is 6.54 Å². The monoisotopic (exact) mass is 374 g/mol. The molecule has 0 aliphatic rings. The third-order valence-electron chi connectivity index (χ3n) is 4.38. The first-order chi connectivity index (χ1) is 13.2. The lowest BCUT2D eigenvalue weighted by molar-refractivity contribution is 0.131. The Hall–Kier alpha value is -3.06. The van der Waals surface area contributed by atoms with E-state index in [9.17, 15) is 10.1 Å². The molecule has 0 spiro atoms. The SMILES string of the molecule is CC(C)Cn1c(C#N)c(-c2ccccc2)c2cc(OC(C)(C)C)ccc2c1=O. The standard InChI is InChI=1S/C24H26N2O2/c1-16(2)15-26-21(14-25)22(17-9-7-6-8-10-17)20-13-18(28-24(3,4)5)11-12-19(20)23(26)27/h6-13,16H,15H2,1-5H3. The van der Waals surface area contributed by atoms with Gasteiger partial charge in [-0.25, -0.2) is 0 Å². The summed E-state index contributed by atoms with van der Waals surface area (Å²) < 4.78 is 7.63. The molecule has 0 bridgehead atoms. The minimum Gasteiger partial charge on any atom is -0.488 e. The van der Waals surface area contributed by atoms with Gasteiger partial charge in [0, 0.05) is 22.9 Å². The molecule has 0 saturated carbocycles. The van der Waals surface area contributed by atoms with Gasteiger partial charge in [-0.3, -0.25) is 9.36 Å². The van der Waals surface area contributed by atoms with Crippen LogP contribution in [0.1, 0.15) is 40.3 Å². The molecule has 1 heterocycles. The molecule has 3 rings (SSSR count). The van der Waals surface area contributed by atoms with Crippen LogP contribution in [0.5, 0.6) is 5.75 Å². The van der Waals surface area contributed by atoms with Crippen molar-refractivity contribution >= 4 is 10.8 Å². The molecule has 4 nitrogen and oxygen atoms in total. The van der Waals surface area contributed by atoms with E-state index in [-0.39, 0.29) is 17.1 Å². The average molecular weight is 374 g/mol. The molecule has 0 unspecified atom stereocenters. The summed E-state index contributed by atoms with van der Waals surface area (Å²) in [6.45, 7) is 10.5. The van der Waals surface area contributed by atoms with Crippen LogP contribution in [0.4, 0.5) is 0 Å². The molecule has 0 amide bonds. The Morgan fingerprint density at radius 1 is 1.07 bits per heavy atom. The number of hydrogen-bond acceptors (Lipinski definition) is 3. The lowest BCUT2D eigenvalue weighted by Crippen LogP contribution is -2.26. The van der Waals surface area contributed by atoms with Crippen molar-refractivity contribution in [2.45, 2.75) is 46.8 Å². The first kappa shape index (κ1) is 19.7. The van der Waals surface area contributed by atoms with Crippen molar-refractivity contribution in [3.8, 4) is 22.9 Å². The fourth-order valence-corrected chi connectivity index (χ4v) is 3.40. The van der Waals surface area contributed by atoms with Crippen molar-refractivity contribution in [1.29, 1.82) is 5.26 Å². The van der Waals surface area contributed by atoms with E-state index < -0.39 is 0 Å². The molecule has 0 aliphatic heterocycles. The van der Waals surface area contributed by atoms with Crippen molar-refractivity contribution in [1.82, 2.24) is 4.57 Å². The van der Waals surface area contributed by atoms with Crippen LogP contribution in [0.25, 0.3) is 21.9 Å². The minimum absolute atomic E-state index is 0.137. The van der Waals surface area contributed by atoms with Gasteiger partial charge in [0.25, 0.3) is 5.56 Å². The van der Waals surface area contributed by atoms with E-state index in [2.05, 4.69) is 6.07 Å². The van der Waals surface area contributed by atoms with Crippen molar-refractivity contribution in [2.24, 2.45) is 5.92 Å². The normalized spacial score (nSPS) is 11.6. The van der Waals surface area contributed by atoms with Crippen molar-refractivity contribution < 1.29 is 4.74 Å². The molecule has 0 N–H and O–H groups in total. The highest BCUT2D eigenvalue weighted by atomic mass is 16.5. The van der Waals surface area contributed by atoms with Crippen LogP contribution in [0.2, 0.25) is 0 Å². The summed E-state index contributed by atoms with van der Waals surface area (Å²) >= 11 is 0. The highest BCUT2D eigenvalue weighted by Crippen LogP contribution is 2.33. The summed E-state index contributed by atoms with van der Waals surface area (Å²) in [7, 11) is 0. The Bertz CT molecular complexity index is 1100. The zero-order chi connectivity index (χ0) is 20.5. The van der Waals surface area contributed by atoms with E-state index in [0.29, 0.717) is 23.4 Å². The second kappa shape index (κ2) is 7.52. The predicted molar refractivity (Wildman–Crippen MR) is 114 cm³/mol. The number of ether oxygens (including phenoxy) is 1. The second-order valence-electron chi connectivity index (χ2n) is 8.43. The summed E-state index contributed by atoms with van der Waals surface area (Å²) in [5.74, 6) is 0.927. The Labute approximate surface area is 166 Å². The summed E-state index contributed by atoms with van der Waals surface area (Å²) in [5, 5.41) is 11.3. The van der Waals surface area contributed by atoms with Gasteiger partial charge in [0.05, 0.1) is 0 Å². The van der Waals surface area contributed by atoms with E-state index in [1.807, 2.05) is 83.1 Å². The van der Waals surface area contributed by atoms with Gasteiger partial charge in [-0.15, -0.1) is 0 Å². The van der Waals surface area contributed by atoms with Gasteiger partial charge in [0.1, 0.15) is 23.1 Å². The number of pyridine rings is 1. The molecule has 28 heavy (non-hydrogen) atoms. The van der Waals surface area contributed by atoms with Crippen LogP contribution in [0.3, 0.4) is 0 Å². The van der Waals surface area contributed by atoms with Gasteiger partial charge in [-0.1, -0.05) is 44.2 Å². The van der Waals surface area contributed by atoms with E-state index in [0.717, 1.165) is 16.5 Å². The van der Waals surface area contributed by atoms with E-state index in [1.54, 1.807) is 4.57 Å². The van der Waals surface area contributed by atoms with Crippen molar-refractivity contribution in [3.05, 3.63) is 64.6 Å². The molecule has 144 valence electrons. The maximum atomic E-state index is 13.2. The predicted octanol–water partition coefficient (Wildman–Crippen LogP) is 5.37. The second-order valence-corrected chi connectivity index (χ2v) is 8.43. The van der Waals surface area contributed by atoms with Gasteiger partial charge in [0.2, 0.25) is 0 Å². The Morgan fingerprint density at radius 3 is 2.32 bits per heavy atom. The number of nitriles is 1. The summed E-state index contributed by atoms with van der Waals surface area (Å²) in [6.07, 6.45) is 0. The highest BCUT2D eigenvalue weighted by molar-refractivity contribution is 5.99. The molecule has 2 aromatic carbocycles. The van der Waals surface area contributed by atoms with Gasteiger partial charge in [-0.05, 0) is 50.5 Å². The fraction of sp³-hybridized carbons (Fsp3) is 0.333. The molecule has 0 saturated heterocycles. The topological polar surface area (TPSA) is 55.0 Å². The molecule has 0 aliphatic carbocycles. The molecule has 3 aromatic rings. The van der Waals surface area contributed by atoms with Crippen molar-refractivity contribution in [3.63, 3.8) is 0 Å². The Kier molecular flexibility index (Phi) is 5.29. The van der Waals surface area contributed by atoms with E-state index in [1.165, 1.54) is 0 Å². The largest absolute Gasteiger partial charge is 0.488 e. The Morgan fingerprint density at radius 2 is 1.75 bits per heavy atom. The summed E-state index contributed by atoms with van der Waals surface area (Å²) in [5.41, 5.74) is 1.59. The number of nitrogens with zero attached hydrogens (tertiary/aromatic N) is 2. The van der Waals surface area contributed by atoms with Crippen LogP contribution in [-0.4, -0.2) is 10.2 Å². The number of hydrogen-bond donors (Lipinski definition) is 0. The van der Waals surface area contributed by atoms with E-state index in [4.69, 9.17) is 4.74 Å². The quantitative estimate of drug-likeness (QED) is 0.616. The lowest BCUT2D eigenvalue weighted by atomic mass is 9.96. The molecule has 1 aromatic heterocycles. The minimum atomic E-state index is -0.356. The number of rotatable bonds is 4. The molecule has 0 fully saturated rings. The number of aromatic nitrogens is 1. The van der Waals surface area contributed by atoms with Gasteiger partial charge in [-0.2, -0.15) is 5.26 Å². The first-order valence-corrected chi connectivity index (χ1v) is 9.56. The summed E-state index contributed by atoms with van der Waals surface area (Å²) in [4.78, 5) is 13.2. The van der Waals surface area contributed by atoms with Crippen molar-refractivity contribution in [2.75, 3.05) is 0 Å². The first-order valence-electron chi connectivity index (χ1n) is 9.56. The molecule has 0 atom stereocenters. The highest BCUT2D eigenvalue weighted by Gasteiger charge is 2.20. The maximum absolute atomic E-state index is 13.2. The Balaban J connectivity index is 2.42. The average Bonchev–Trinajstić information content (AvgIpc) is 2.62. The maximum Gasteiger partial charge on any atom is 0.259 e. The van der Waals surface area contributed by atoms with Gasteiger partial charge < -0.3 is 4.74 Å². The zero-order valence-electron chi connectivity index (χ0n) is 17.1. The van der Waals surface area contributed by atoms with Crippen LogP contribution in [0, 0.1) is 17.2 Å².